The molecule has 0 saturated carbocycles. The topological polar surface area (TPSA) is 79.0 Å². The highest BCUT2D eigenvalue weighted by Crippen LogP contribution is 2.33. The van der Waals surface area contributed by atoms with Gasteiger partial charge in [-0.15, -0.1) is 0 Å². The quantitative estimate of drug-likeness (QED) is 0.585. The number of nitrogens with one attached hydrogen (secondary N) is 1. The van der Waals surface area contributed by atoms with E-state index in [1.54, 1.807) is 12.1 Å². The number of amides is 1. The maximum Gasteiger partial charge on any atom is 0.288 e. The van der Waals surface area contributed by atoms with Crippen molar-refractivity contribution in [1.82, 2.24) is 4.31 Å². The van der Waals surface area contributed by atoms with Crippen molar-refractivity contribution < 1.29 is 26.7 Å². The number of ether oxygens (including phenoxy) is 1. The number of hydrogen-bond acceptors (Lipinski definition) is 6. The Morgan fingerprint density at radius 2 is 1.67 bits per heavy atom. The number of halogens is 2. The van der Waals surface area contributed by atoms with Crippen LogP contribution in [0.2, 0.25) is 0 Å². The second-order valence-corrected chi connectivity index (χ2v) is 10.7. The molecule has 0 aromatic heterocycles. The fourth-order valence-electron chi connectivity index (χ4n) is 3.93. The Morgan fingerprint density at radius 3 is 2.30 bits per heavy atom. The highest BCUT2D eigenvalue weighted by Gasteiger charge is 2.28. The van der Waals surface area contributed by atoms with Crippen molar-refractivity contribution in [2.24, 2.45) is 0 Å². The zero-order valence-electron chi connectivity index (χ0n) is 17.9. The first kappa shape index (κ1) is 23.9. The van der Waals surface area contributed by atoms with Crippen molar-refractivity contribution >= 4 is 39.1 Å². The first-order valence-corrected chi connectivity index (χ1v) is 13.0. The summed E-state index contributed by atoms with van der Waals surface area (Å²) in [5.74, 6) is -2.98. The Hall–Kier alpha value is -2.21. The molecule has 4 rings (SSSR count). The van der Waals surface area contributed by atoms with Gasteiger partial charge in [0.1, 0.15) is 0 Å². The average molecular weight is 498 g/mol. The molecule has 0 aliphatic carbocycles. The molecule has 2 fully saturated rings. The van der Waals surface area contributed by atoms with Gasteiger partial charge in [0.25, 0.3) is 11.7 Å². The van der Waals surface area contributed by atoms with Gasteiger partial charge in [-0.05, 0) is 55.3 Å². The Morgan fingerprint density at radius 1 is 1.00 bits per heavy atom. The fraction of sp³-hybridized carbons (Fsp3) is 0.409. The number of thioether (sulfide) groups is 1. The SMILES string of the molecule is O=C(Nc1cc(S(=O)(=O)N2CCOCC2)ccc1N1CCCC1)c1ccc(SC(F)F)cc1. The predicted octanol–water partition coefficient (Wildman–Crippen LogP) is 3.87. The minimum absolute atomic E-state index is 0.103. The number of sulfonamides is 1. The van der Waals surface area contributed by atoms with E-state index in [1.165, 1.54) is 34.6 Å². The summed E-state index contributed by atoms with van der Waals surface area (Å²) in [6, 6.07) is 10.7. The van der Waals surface area contributed by atoms with Crippen LogP contribution in [0.1, 0.15) is 23.2 Å². The molecule has 7 nitrogen and oxygen atoms in total. The molecule has 178 valence electrons. The third-order valence-corrected chi connectivity index (χ3v) is 8.23. The van der Waals surface area contributed by atoms with Crippen molar-refractivity contribution in [2.45, 2.75) is 28.4 Å². The van der Waals surface area contributed by atoms with Gasteiger partial charge >= 0.3 is 0 Å². The Labute approximate surface area is 196 Å². The van der Waals surface area contributed by atoms with Crippen LogP contribution in [0.25, 0.3) is 0 Å². The molecule has 2 aliphatic rings. The molecule has 11 heteroatoms. The molecule has 0 atom stereocenters. The second kappa shape index (κ2) is 10.4. The maximum absolute atomic E-state index is 13.1. The normalized spacial score (nSPS) is 17.5. The number of hydrogen-bond donors (Lipinski definition) is 1. The zero-order chi connectivity index (χ0) is 23.4. The second-order valence-electron chi connectivity index (χ2n) is 7.75. The molecule has 2 saturated heterocycles. The first-order chi connectivity index (χ1) is 15.8. The fourth-order valence-corrected chi connectivity index (χ4v) is 5.86. The van der Waals surface area contributed by atoms with Crippen LogP contribution in [0.15, 0.2) is 52.3 Å². The molecule has 2 aromatic rings. The molecular formula is C22H25F2N3O4S2. The van der Waals surface area contributed by atoms with Crippen LogP contribution in [0.5, 0.6) is 0 Å². The summed E-state index contributed by atoms with van der Waals surface area (Å²) in [7, 11) is -3.73. The Kier molecular flexibility index (Phi) is 7.52. The summed E-state index contributed by atoms with van der Waals surface area (Å²) in [6.45, 7) is 2.88. The molecule has 2 heterocycles. The largest absolute Gasteiger partial charge is 0.379 e. The van der Waals surface area contributed by atoms with E-state index in [9.17, 15) is 22.0 Å². The number of benzene rings is 2. The van der Waals surface area contributed by atoms with E-state index in [4.69, 9.17) is 4.74 Å². The van der Waals surface area contributed by atoms with E-state index in [2.05, 4.69) is 10.2 Å². The zero-order valence-corrected chi connectivity index (χ0v) is 19.5. The molecule has 1 amide bonds. The van der Waals surface area contributed by atoms with Crippen LogP contribution >= 0.6 is 11.8 Å². The van der Waals surface area contributed by atoms with Crippen molar-refractivity contribution in [3.63, 3.8) is 0 Å². The minimum atomic E-state index is -3.73. The number of rotatable bonds is 7. The van der Waals surface area contributed by atoms with Gasteiger partial charge in [0.05, 0.1) is 29.5 Å². The van der Waals surface area contributed by atoms with Crippen molar-refractivity contribution in [3.05, 3.63) is 48.0 Å². The van der Waals surface area contributed by atoms with E-state index >= 15 is 0 Å². The third kappa shape index (κ3) is 5.65. The molecule has 2 aromatic carbocycles. The number of carbonyl (C=O) groups is 1. The first-order valence-electron chi connectivity index (χ1n) is 10.7. The number of anilines is 2. The lowest BCUT2D eigenvalue weighted by molar-refractivity contribution is 0.0730. The summed E-state index contributed by atoms with van der Waals surface area (Å²) in [5, 5.41) is 2.84. The van der Waals surface area contributed by atoms with Gasteiger partial charge in [-0.25, -0.2) is 8.42 Å². The molecule has 33 heavy (non-hydrogen) atoms. The smallest absolute Gasteiger partial charge is 0.288 e. The van der Waals surface area contributed by atoms with Crippen molar-refractivity contribution in [1.29, 1.82) is 0 Å². The van der Waals surface area contributed by atoms with Crippen LogP contribution in [0, 0.1) is 0 Å². The molecule has 0 spiro atoms. The van der Waals surface area contributed by atoms with Gasteiger partial charge in [0.15, 0.2) is 0 Å². The summed E-state index contributed by atoms with van der Waals surface area (Å²) < 4.78 is 58.0. The lowest BCUT2D eigenvalue weighted by Gasteiger charge is -2.27. The molecule has 0 bridgehead atoms. The van der Waals surface area contributed by atoms with E-state index in [1.807, 2.05) is 0 Å². The van der Waals surface area contributed by atoms with Gasteiger partial charge in [-0.2, -0.15) is 13.1 Å². The third-order valence-electron chi connectivity index (χ3n) is 5.61. The van der Waals surface area contributed by atoms with Crippen LogP contribution in [-0.2, 0) is 14.8 Å². The van der Waals surface area contributed by atoms with Gasteiger partial charge in [0, 0.05) is 36.6 Å². The molecule has 1 N–H and O–H groups in total. The average Bonchev–Trinajstić information content (AvgIpc) is 3.34. The molecule has 0 radical (unpaired) electrons. The van der Waals surface area contributed by atoms with Gasteiger partial charge in [-0.3, -0.25) is 4.79 Å². The van der Waals surface area contributed by atoms with Crippen LogP contribution in [-0.4, -0.2) is 63.8 Å². The van der Waals surface area contributed by atoms with E-state index in [-0.39, 0.29) is 18.0 Å². The summed E-state index contributed by atoms with van der Waals surface area (Å²) in [5.41, 5.74) is 1.45. The van der Waals surface area contributed by atoms with Gasteiger partial charge in [-0.1, -0.05) is 11.8 Å². The van der Waals surface area contributed by atoms with E-state index in [0.29, 0.717) is 41.1 Å². The number of carbonyl (C=O) groups excluding carboxylic acids is 1. The van der Waals surface area contributed by atoms with Gasteiger partial charge in [0.2, 0.25) is 10.0 Å². The maximum atomic E-state index is 13.1. The van der Waals surface area contributed by atoms with Crippen LogP contribution < -0.4 is 10.2 Å². The molecular weight excluding hydrogens is 472 g/mol. The Balaban J connectivity index is 1.61. The molecule has 2 aliphatic heterocycles. The van der Waals surface area contributed by atoms with Crippen LogP contribution in [0.4, 0.5) is 20.2 Å². The van der Waals surface area contributed by atoms with Crippen molar-refractivity contribution in [3.8, 4) is 0 Å². The number of alkyl halides is 2. The lowest BCUT2D eigenvalue weighted by atomic mass is 10.2. The minimum Gasteiger partial charge on any atom is -0.379 e. The van der Waals surface area contributed by atoms with Crippen LogP contribution in [0.3, 0.4) is 0 Å². The lowest BCUT2D eigenvalue weighted by Crippen LogP contribution is -2.40. The monoisotopic (exact) mass is 497 g/mol. The highest BCUT2D eigenvalue weighted by molar-refractivity contribution is 7.99. The Bertz CT molecular complexity index is 1090. The van der Waals surface area contributed by atoms with E-state index < -0.39 is 21.7 Å². The summed E-state index contributed by atoms with van der Waals surface area (Å²) >= 11 is 0.408. The molecule has 0 unspecified atom stereocenters. The highest BCUT2D eigenvalue weighted by atomic mass is 32.2. The predicted molar refractivity (Wildman–Crippen MR) is 124 cm³/mol. The number of nitrogens with zero attached hydrogens (tertiary/aromatic N) is 2. The van der Waals surface area contributed by atoms with E-state index in [0.717, 1.165) is 31.6 Å². The van der Waals surface area contributed by atoms with Crippen molar-refractivity contribution in [2.75, 3.05) is 49.6 Å². The summed E-state index contributed by atoms with van der Waals surface area (Å²) in [6.07, 6.45) is 2.04. The standard InChI is InChI=1S/C22H25F2N3O4S2/c23-22(24)32-17-5-3-16(4-6-17)21(28)25-19-15-18(7-8-20(19)26-9-1-2-10-26)33(29,30)27-11-13-31-14-12-27/h3-8,15,22H,1-2,9-14H2,(H,25,28). The summed E-state index contributed by atoms with van der Waals surface area (Å²) in [4.78, 5) is 15.5. The van der Waals surface area contributed by atoms with Gasteiger partial charge < -0.3 is 15.0 Å². The number of morpholine rings is 1.